The third kappa shape index (κ3) is 2.58. The normalized spacial score (nSPS) is 23.8. The molecule has 1 aromatic rings. The van der Waals surface area contributed by atoms with Gasteiger partial charge in [0.05, 0.1) is 25.3 Å². The molecule has 4 heteroatoms. The first-order valence-electron chi connectivity index (χ1n) is 5.88. The number of β-amino-alcohol motifs (C(OH)–C–C–N with tert-alkyl or cyclic N) is 1. The molecule has 2 rings (SSSR count). The van der Waals surface area contributed by atoms with E-state index in [1.54, 1.807) is 11.8 Å². The second-order valence-corrected chi connectivity index (χ2v) is 4.17. The number of benzene rings is 1. The first-order chi connectivity index (χ1) is 8.22. The highest BCUT2D eigenvalue weighted by Crippen LogP contribution is 2.32. The first-order valence-corrected chi connectivity index (χ1v) is 5.88. The monoisotopic (exact) mass is 235 g/mol. The number of hydrogen-bond acceptors (Lipinski definition) is 3. The van der Waals surface area contributed by atoms with Crippen LogP contribution in [0.2, 0.25) is 0 Å². The van der Waals surface area contributed by atoms with Crippen LogP contribution in [0.15, 0.2) is 30.3 Å². The van der Waals surface area contributed by atoms with Gasteiger partial charge in [0.1, 0.15) is 0 Å². The van der Waals surface area contributed by atoms with E-state index in [1.165, 1.54) is 0 Å². The van der Waals surface area contributed by atoms with Crippen molar-refractivity contribution in [3.05, 3.63) is 35.9 Å². The molecule has 1 N–H and O–H groups in total. The van der Waals surface area contributed by atoms with Gasteiger partial charge in [-0.3, -0.25) is 4.90 Å². The Morgan fingerprint density at radius 3 is 2.82 bits per heavy atom. The van der Waals surface area contributed by atoms with Crippen molar-refractivity contribution in [2.75, 3.05) is 13.2 Å². The SMILES string of the molecule is CCOC(=O)N1CC(O)CC1c1ccccc1. The van der Waals surface area contributed by atoms with Crippen LogP contribution in [0.3, 0.4) is 0 Å². The van der Waals surface area contributed by atoms with E-state index < -0.39 is 6.10 Å². The fraction of sp³-hybridized carbons (Fsp3) is 0.462. The highest BCUT2D eigenvalue weighted by Gasteiger charge is 2.35. The lowest BCUT2D eigenvalue weighted by molar-refractivity contribution is 0.0976. The number of carbonyl (C=O) groups excluding carboxylic acids is 1. The molecule has 1 amide bonds. The van der Waals surface area contributed by atoms with Gasteiger partial charge in [-0.1, -0.05) is 30.3 Å². The molecule has 1 aromatic carbocycles. The van der Waals surface area contributed by atoms with Crippen LogP contribution in [0.25, 0.3) is 0 Å². The van der Waals surface area contributed by atoms with Gasteiger partial charge in [-0.05, 0) is 18.9 Å². The molecule has 2 unspecified atom stereocenters. The summed E-state index contributed by atoms with van der Waals surface area (Å²) in [6.07, 6.45) is -0.245. The standard InChI is InChI=1S/C13H17NO3/c1-2-17-13(16)14-9-11(15)8-12(14)10-6-4-3-5-7-10/h3-7,11-12,15H,2,8-9H2,1H3. The van der Waals surface area contributed by atoms with E-state index in [2.05, 4.69) is 0 Å². The maximum Gasteiger partial charge on any atom is 0.410 e. The zero-order valence-electron chi connectivity index (χ0n) is 9.87. The molecule has 0 aromatic heterocycles. The van der Waals surface area contributed by atoms with E-state index in [0.29, 0.717) is 19.6 Å². The summed E-state index contributed by atoms with van der Waals surface area (Å²) in [6, 6.07) is 9.66. The van der Waals surface area contributed by atoms with E-state index in [9.17, 15) is 9.90 Å². The molecule has 92 valence electrons. The van der Waals surface area contributed by atoms with Crippen molar-refractivity contribution < 1.29 is 14.6 Å². The minimum Gasteiger partial charge on any atom is -0.450 e. The molecule has 17 heavy (non-hydrogen) atoms. The van der Waals surface area contributed by atoms with Gasteiger partial charge in [0.25, 0.3) is 0 Å². The van der Waals surface area contributed by atoms with Crippen molar-refractivity contribution in [1.29, 1.82) is 0 Å². The van der Waals surface area contributed by atoms with Crippen LogP contribution in [0.1, 0.15) is 24.9 Å². The Bertz CT molecular complexity index is 380. The number of likely N-dealkylation sites (tertiary alicyclic amines) is 1. The second kappa shape index (κ2) is 5.19. The van der Waals surface area contributed by atoms with E-state index in [-0.39, 0.29) is 12.1 Å². The van der Waals surface area contributed by atoms with Gasteiger partial charge in [-0.25, -0.2) is 4.79 Å². The van der Waals surface area contributed by atoms with Crippen molar-refractivity contribution in [2.45, 2.75) is 25.5 Å². The van der Waals surface area contributed by atoms with Crippen LogP contribution in [0.5, 0.6) is 0 Å². The third-order valence-electron chi connectivity index (χ3n) is 2.97. The Labute approximate surface area is 101 Å². The quantitative estimate of drug-likeness (QED) is 0.852. The molecule has 0 bridgehead atoms. The minimum absolute atomic E-state index is 0.0785. The topological polar surface area (TPSA) is 49.8 Å². The van der Waals surface area contributed by atoms with Gasteiger partial charge < -0.3 is 9.84 Å². The van der Waals surface area contributed by atoms with Crippen molar-refractivity contribution in [2.24, 2.45) is 0 Å². The summed E-state index contributed by atoms with van der Waals surface area (Å²) < 4.78 is 5.00. The molecule has 4 nitrogen and oxygen atoms in total. The highest BCUT2D eigenvalue weighted by atomic mass is 16.6. The number of carbonyl (C=O) groups is 1. The average Bonchev–Trinajstić information content (AvgIpc) is 2.73. The largest absolute Gasteiger partial charge is 0.450 e. The lowest BCUT2D eigenvalue weighted by Gasteiger charge is -2.23. The number of aliphatic hydroxyl groups is 1. The van der Waals surface area contributed by atoms with Crippen LogP contribution in [0.4, 0.5) is 4.79 Å². The smallest absolute Gasteiger partial charge is 0.410 e. The van der Waals surface area contributed by atoms with Crippen molar-refractivity contribution in [3.63, 3.8) is 0 Å². The van der Waals surface area contributed by atoms with Crippen molar-refractivity contribution in [3.8, 4) is 0 Å². The molecule has 1 aliphatic rings. The average molecular weight is 235 g/mol. The zero-order valence-corrected chi connectivity index (χ0v) is 9.87. The highest BCUT2D eigenvalue weighted by molar-refractivity contribution is 5.69. The second-order valence-electron chi connectivity index (χ2n) is 4.17. The third-order valence-corrected chi connectivity index (χ3v) is 2.97. The molecule has 2 atom stereocenters. The predicted octanol–water partition coefficient (Wildman–Crippen LogP) is 1.95. The van der Waals surface area contributed by atoms with E-state index in [0.717, 1.165) is 5.56 Å². The maximum absolute atomic E-state index is 11.8. The Balaban J connectivity index is 2.17. The molecule has 1 fully saturated rings. The molecule has 0 spiro atoms. The Hall–Kier alpha value is -1.55. The summed E-state index contributed by atoms with van der Waals surface area (Å²) in [5.74, 6) is 0. The van der Waals surface area contributed by atoms with Gasteiger partial charge in [0, 0.05) is 0 Å². The van der Waals surface area contributed by atoms with Crippen LogP contribution in [-0.2, 0) is 4.74 Å². The number of nitrogens with zero attached hydrogens (tertiary/aromatic N) is 1. The predicted molar refractivity (Wildman–Crippen MR) is 63.5 cm³/mol. The molecule has 0 aliphatic carbocycles. The van der Waals surface area contributed by atoms with E-state index >= 15 is 0 Å². The number of hydrogen-bond donors (Lipinski definition) is 1. The zero-order chi connectivity index (χ0) is 12.3. The summed E-state index contributed by atoms with van der Waals surface area (Å²) in [4.78, 5) is 13.4. The molecule has 1 aliphatic heterocycles. The van der Waals surface area contributed by atoms with Crippen molar-refractivity contribution >= 4 is 6.09 Å². The lowest BCUT2D eigenvalue weighted by atomic mass is 10.0. The van der Waals surface area contributed by atoms with Gasteiger partial charge >= 0.3 is 6.09 Å². The van der Waals surface area contributed by atoms with Crippen LogP contribution in [0, 0.1) is 0 Å². The molecule has 1 heterocycles. The van der Waals surface area contributed by atoms with Gasteiger partial charge in [0.15, 0.2) is 0 Å². The van der Waals surface area contributed by atoms with Gasteiger partial charge in [-0.15, -0.1) is 0 Å². The number of amides is 1. The fourth-order valence-electron chi connectivity index (χ4n) is 2.21. The summed E-state index contributed by atoms with van der Waals surface area (Å²) in [5, 5.41) is 9.70. The molecular weight excluding hydrogens is 218 g/mol. The number of aliphatic hydroxyl groups excluding tert-OH is 1. The van der Waals surface area contributed by atoms with Crippen LogP contribution >= 0.6 is 0 Å². The van der Waals surface area contributed by atoms with Crippen molar-refractivity contribution in [1.82, 2.24) is 4.90 Å². The van der Waals surface area contributed by atoms with Crippen LogP contribution in [-0.4, -0.2) is 35.4 Å². The summed E-state index contributed by atoms with van der Waals surface area (Å²) in [6.45, 7) is 2.48. The summed E-state index contributed by atoms with van der Waals surface area (Å²) >= 11 is 0. The lowest BCUT2D eigenvalue weighted by Crippen LogP contribution is -2.32. The molecular formula is C13H17NO3. The Morgan fingerprint density at radius 2 is 2.18 bits per heavy atom. The number of ether oxygens (including phenoxy) is 1. The maximum atomic E-state index is 11.8. The Kier molecular flexibility index (Phi) is 3.64. The van der Waals surface area contributed by atoms with Gasteiger partial charge in [-0.2, -0.15) is 0 Å². The first kappa shape index (κ1) is 11.9. The van der Waals surface area contributed by atoms with Gasteiger partial charge in [0.2, 0.25) is 0 Å². The Morgan fingerprint density at radius 1 is 1.47 bits per heavy atom. The minimum atomic E-state index is -0.468. The van der Waals surface area contributed by atoms with Crippen LogP contribution < -0.4 is 0 Å². The summed E-state index contributed by atoms with van der Waals surface area (Å²) in [7, 11) is 0. The fourth-order valence-corrected chi connectivity index (χ4v) is 2.21. The summed E-state index contributed by atoms with van der Waals surface area (Å²) in [5.41, 5.74) is 1.04. The molecule has 0 saturated carbocycles. The molecule has 1 saturated heterocycles. The van der Waals surface area contributed by atoms with E-state index in [1.807, 2.05) is 30.3 Å². The molecule has 0 radical (unpaired) electrons. The number of rotatable bonds is 2. The van der Waals surface area contributed by atoms with E-state index in [4.69, 9.17) is 4.74 Å².